The fourth-order valence-corrected chi connectivity index (χ4v) is 2.70. The van der Waals surface area contributed by atoms with Crippen LogP contribution >= 0.6 is 23.6 Å². The summed E-state index contributed by atoms with van der Waals surface area (Å²) in [6.45, 7) is 0.576. The minimum atomic E-state index is -0.0141. The van der Waals surface area contributed by atoms with E-state index in [0.717, 1.165) is 16.8 Å². The van der Waals surface area contributed by atoms with Gasteiger partial charge in [0.25, 0.3) is 0 Å². The highest BCUT2D eigenvalue weighted by molar-refractivity contribution is 7.80. The number of thiocarbonyl (C=S) groups is 1. The van der Waals surface area contributed by atoms with Crippen molar-refractivity contribution >= 4 is 39.8 Å². The van der Waals surface area contributed by atoms with Crippen molar-refractivity contribution in [1.29, 1.82) is 5.26 Å². The predicted octanol–water partition coefficient (Wildman–Crippen LogP) is 1.50. The Morgan fingerprint density at radius 2 is 2.30 bits per heavy atom. The Hall–Kier alpha value is -2.70. The monoisotopic (exact) mass is 345 g/mol. The highest BCUT2D eigenvalue weighted by atomic mass is 32.1. The number of hydrogen-bond donors (Lipinski definition) is 3. The van der Waals surface area contributed by atoms with Crippen molar-refractivity contribution in [2.24, 2.45) is 16.5 Å². The number of nitrogens with two attached hydrogens (primary N) is 2. The second kappa shape index (κ2) is 7.53. The quantitative estimate of drug-likeness (QED) is 0.253. The van der Waals surface area contributed by atoms with Gasteiger partial charge in [-0.1, -0.05) is 18.2 Å². The van der Waals surface area contributed by atoms with E-state index in [2.05, 4.69) is 15.3 Å². The molecule has 0 bridgehead atoms. The minimum absolute atomic E-state index is 0.0141. The maximum Gasteiger partial charge on any atom is 0.212 e. The molecule has 23 heavy (non-hydrogen) atoms. The molecule has 118 valence electrons. The van der Waals surface area contributed by atoms with E-state index in [1.54, 1.807) is 4.90 Å². The summed E-state index contributed by atoms with van der Waals surface area (Å²) in [5.41, 5.74) is 13.5. The van der Waals surface area contributed by atoms with Gasteiger partial charge in [0.15, 0.2) is 17.3 Å². The molecule has 0 spiro atoms. The molecule has 5 N–H and O–H groups in total. The summed E-state index contributed by atoms with van der Waals surface area (Å²) >= 11 is 6.46. The minimum Gasteiger partial charge on any atom is -0.370 e. The lowest BCUT2D eigenvalue weighted by molar-refractivity contribution is 0.498. The number of nitrogens with zero attached hydrogens (tertiary/aromatic N) is 4. The molecule has 0 unspecified atom stereocenters. The Bertz CT molecular complexity index is 771. The molecule has 0 radical (unpaired) electrons. The number of nitrogens with one attached hydrogen (secondary N) is 1. The van der Waals surface area contributed by atoms with Crippen LogP contribution in [0, 0.1) is 11.5 Å². The molecule has 0 saturated carbocycles. The number of benzene rings is 1. The molecule has 0 saturated heterocycles. The lowest BCUT2D eigenvalue weighted by atomic mass is 10.1. The predicted molar refractivity (Wildman–Crippen MR) is 95.8 cm³/mol. The molecule has 2 aromatic rings. The van der Waals surface area contributed by atoms with Crippen LogP contribution in [-0.4, -0.2) is 28.0 Å². The van der Waals surface area contributed by atoms with Gasteiger partial charge in [0.05, 0.1) is 5.69 Å². The first-order chi connectivity index (χ1) is 11.0. The van der Waals surface area contributed by atoms with Gasteiger partial charge in [0.1, 0.15) is 0 Å². The highest BCUT2D eigenvalue weighted by Gasteiger charge is 2.08. The molecule has 2 rings (SSSR count). The molecule has 7 nitrogen and oxygen atoms in total. The molecule has 0 fully saturated rings. The average Bonchev–Trinajstić information content (AvgIpc) is 2.95. The number of aromatic nitrogens is 1. The van der Waals surface area contributed by atoms with Crippen LogP contribution in [0.15, 0.2) is 34.6 Å². The Labute approximate surface area is 143 Å². The van der Waals surface area contributed by atoms with Gasteiger partial charge in [0.2, 0.25) is 5.13 Å². The van der Waals surface area contributed by atoms with E-state index >= 15 is 0 Å². The van der Waals surface area contributed by atoms with Crippen molar-refractivity contribution in [3.8, 4) is 17.5 Å². The van der Waals surface area contributed by atoms with Crippen LogP contribution < -0.4 is 16.8 Å². The van der Waals surface area contributed by atoms with Gasteiger partial charge in [-0.3, -0.25) is 5.32 Å². The first-order valence-electron chi connectivity index (χ1n) is 6.54. The van der Waals surface area contributed by atoms with Gasteiger partial charge >= 0.3 is 0 Å². The summed E-state index contributed by atoms with van der Waals surface area (Å²) in [6, 6.07) is 7.90. The van der Waals surface area contributed by atoms with E-state index in [4.69, 9.17) is 28.9 Å². The second-order valence-corrected chi connectivity index (χ2v) is 5.87. The molecular formula is C14H15N7S2. The number of aliphatic imine (C=N–C) groups is 1. The van der Waals surface area contributed by atoms with Crippen LogP contribution in [0.5, 0.6) is 0 Å². The molecule has 0 atom stereocenters. The fraction of sp³-hybridized carbons (Fsp3) is 0.143. The lowest BCUT2D eigenvalue weighted by Gasteiger charge is -2.18. The summed E-state index contributed by atoms with van der Waals surface area (Å²) in [5.74, 6) is -0.0141. The summed E-state index contributed by atoms with van der Waals surface area (Å²) < 4.78 is 0. The molecule has 0 aliphatic carbocycles. The van der Waals surface area contributed by atoms with Crippen LogP contribution in [0.4, 0.5) is 5.13 Å². The normalized spacial score (nSPS) is 9.74. The smallest absolute Gasteiger partial charge is 0.212 e. The molecule has 0 amide bonds. The van der Waals surface area contributed by atoms with Crippen LogP contribution in [0.3, 0.4) is 0 Å². The van der Waals surface area contributed by atoms with Gasteiger partial charge in [0, 0.05) is 24.5 Å². The lowest BCUT2D eigenvalue weighted by Crippen LogP contribution is -2.33. The van der Waals surface area contributed by atoms with Gasteiger partial charge < -0.3 is 16.4 Å². The third-order valence-corrected chi connectivity index (χ3v) is 4.02. The molecule has 1 aromatic carbocycles. The summed E-state index contributed by atoms with van der Waals surface area (Å²) in [7, 11) is 1.82. The molecule has 9 heteroatoms. The van der Waals surface area contributed by atoms with E-state index in [-0.39, 0.29) is 5.96 Å². The van der Waals surface area contributed by atoms with Crippen molar-refractivity contribution in [1.82, 2.24) is 15.2 Å². The van der Waals surface area contributed by atoms with Gasteiger partial charge in [-0.2, -0.15) is 10.3 Å². The second-order valence-electron chi connectivity index (χ2n) is 4.65. The van der Waals surface area contributed by atoms with Crippen LogP contribution in [-0.2, 0) is 6.54 Å². The fourth-order valence-electron chi connectivity index (χ4n) is 1.88. The Balaban J connectivity index is 2.17. The van der Waals surface area contributed by atoms with Crippen molar-refractivity contribution < 1.29 is 0 Å². The number of rotatable bonds is 4. The summed E-state index contributed by atoms with van der Waals surface area (Å²) in [4.78, 5) is 10.1. The zero-order valence-corrected chi connectivity index (χ0v) is 14.0. The van der Waals surface area contributed by atoms with Gasteiger partial charge in [-0.25, -0.2) is 4.98 Å². The van der Waals surface area contributed by atoms with Crippen LogP contribution in [0.2, 0.25) is 0 Å². The summed E-state index contributed by atoms with van der Waals surface area (Å²) in [5, 5.41) is 13.8. The maximum absolute atomic E-state index is 8.60. The first-order valence-corrected chi connectivity index (χ1v) is 7.83. The van der Waals surface area contributed by atoms with E-state index in [1.807, 2.05) is 42.9 Å². The van der Waals surface area contributed by atoms with Crippen molar-refractivity contribution in [2.45, 2.75) is 6.54 Å². The third-order valence-electron chi connectivity index (χ3n) is 2.87. The van der Waals surface area contributed by atoms with Gasteiger partial charge in [-0.15, -0.1) is 11.3 Å². The van der Waals surface area contributed by atoms with Crippen molar-refractivity contribution in [2.75, 3.05) is 7.05 Å². The maximum atomic E-state index is 8.60. The molecule has 0 aliphatic rings. The van der Waals surface area contributed by atoms with Crippen LogP contribution in [0.25, 0.3) is 11.3 Å². The molecule has 1 aromatic heterocycles. The van der Waals surface area contributed by atoms with E-state index in [0.29, 0.717) is 16.8 Å². The topological polar surface area (TPSA) is 116 Å². The zero-order chi connectivity index (χ0) is 16.8. The number of guanidine groups is 1. The summed E-state index contributed by atoms with van der Waals surface area (Å²) in [6.07, 6.45) is 1.82. The van der Waals surface area contributed by atoms with E-state index in [9.17, 15) is 0 Å². The largest absolute Gasteiger partial charge is 0.370 e. The SMILES string of the molecule is CN(Cc1cccc(-c2csc(N=C(N)N)n2)c1)C(=S)NC#N. The van der Waals surface area contributed by atoms with Gasteiger partial charge in [-0.05, 0) is 23.8 Å². The van der Waals surface area contributed by atoms with Crippen molar-refractivity contribution in [3.05, 3.63) is 35.2 Å². The highest BCUT2D eigenvalue weighted by Crippen LogP contribution is 2.27. The number of hydrogen-bond acceptors (Lipinski definition) is 5. The Kier molecular flexibility index (Phi) is 5.46. The van der Waals surface area contributed by atoms with E-state index in [1.165, 1.54) is 11.3 Å². The zero-order valence-electron chi connectivity index (χ0n) is 12.4. The molecule has 1 heterocycles. The number of nitriles is 1. The Morgan fingerprint density at radius 3 is 3.00 bits per heavy atom. The van der Waals surface area contributed by atoms with E-state index < -0.39 is 0 Å². The number of thiazole rings is 1. The third kappa shape index (κ3) is 4.64. The molecule has 0 aliphatic heterocycles. The Morgan fingerprint density at radius 1 is 1.52 bits per heavy atom. The standard InChI is InChI=1S/C14H15N7S2/c1-21(14(22)18-8-15)6-9-3-2-4-10(5-9)11-7-23-13(19-11)20-12(16)17/h2-5,7H,6H2,1H3,(H,18,22)(H4,16,17,19,20). The molecular weight excluding hydrogens is 330 g/mol. The first kappa shape index (κ1) is 16.7. The van der Waals surface area contributed by atoms with Crippen molar-refractivity contribution in [3.63, 3.8) is 0 Å². The average molecular weight is 345 g/mol. The van der Waals surface area contributed by atoms with Crippen LogP contribution in [0.1, 0.15) is 5.56 Å².